The SMILES string of the molecule is Cc1ccc(C(=O)c2cccn2C/C=C/c2cccc(-c3c[nH]cc3CC(=O)O)c2)cc1. The number of H-pyrrole nitrogens is 1. The first-order valence-electron chi connectivity index (χ1n) is 10.4. The van der Waals surface area contributed by atoms with Crippen molar-refractivity contribution in [1.29, 1.82) is 0 Å². The smallest absolute Gasteiger partial charge is 0.307 e. The summed E-state index contributed by atoms with van der Waals surface area (Å²) in [7, 11) is 0. The number of nitrogens with zero attached hydrogens (tertiary/aromatic N) is 1. The lowest BCUT2D eigenvalue weighted by Gasteiger charge is -2.07. The monoisotopic (exact) mass is 424 g/mol. The third-order valence-corrected chi connectivity index (χ3v) is 5.36. The third-order valence-electron chi connectivity index (χ3n) is 5.36. The molecule has 0 spiro atoms. The summed E-state index contributed by atoms with van der Waals surface area (Å²) in [5.41, 5.74) is 6.05. The fourth-order valence-electron chi connectivity index (χ4n) is 3.72. The fourth-order valence-corrected chi connectivity index (χ4v) is 3.72. The molecule has 0 saturated carbocycles. The van der Waals surface area contributed by atoms with Crippen LogP contribution in [0.4, 0.5) is 0 Å². The predicted molar refractivity (Wildman–Crippen MR) is 126 cm³/mol. The van der Waals surface area contributed by atoms with Crippen LogP contribution in [0.5, 0.6) is 0 Å². The molecule has 5 nitrogen and oxygen atoms in total. The molecule has 0 atom stereocenters. The van der Waals surface area contributed by atoms with E-state index in [0.717, 1.165) is 27.8 Å². The van der Waals surface area contributed by atoms with E-state index in [9.17, 15) is 9.59 Å². The molecule has 5 heteroatoms. The summed E-state index contributed by atoms with van der Waals surface area (Å²) in [6.07, 6.45) is 9.45. The molecule has 0 amide bonds. The number of carboxylic acids is 1. The Hall–Kier alpha value is -4.12. The Balaban J connectivity index is 1.49. The maximum absolute atomic E-state index is 12.9. The van der Waals surface area contributed by atoms with E-state index in [-0.39, 0.29) is 12.2 Å². The second kappa shape index (κ2) is 9.35. The van der Waals surface area contributed by atoms with Crippen molar-refractivity contribution in [2.75, 3.05) is 0 Å². The van der Waals surface area contributed by atoms with Crippen molar-refractivity contribution < 1.29 is 14.7 Å². The summed E-state index contributed by atoms with van der Waals surface area (Å²) < 4.78 is 1.93. The topological polar surface area (TPSA) is 75.1 Å². The number of aliphatic carboxylic acids is 1. The van der Waals surface area contributed by atoms with Crippen LogP contribution in [0.25, 0.3) is 17.2 Å². The Bertz CT molecular complexity index is 1280. The molecule has 32 heavy (non-hydrogen) atoms. The molecule has 4 rings (SSSR count). The second-order valence-corrected chi connectivity index (χ2v) is 7.73. The van der Waals surface area contributed by atoms with Crippen molar-refractivity contribution in [2.45, 2.75) is 19.9 Å². The number of nitrogens with one attached hydrogen (secondary N) is 1. The number of aromatic amines is 1. The predicted octanol–water partition coefficient (Wildman–Crippen LogP) is 5.36. The van der Waals surface area contributed by atoms with E-state index in [1.165, 1.54) is 0 Å². The van der Waals surface area contributed by atoms with Crippen LogP contribution in [0.2, 0.25) is 0 Å². The van der Waals surface area contributed by atoms with Gasteiger partial charge in [0.25, 0.3) is 0 Å². The Labute approximate surface area is 186 Å². The molecule has 2 N–H and O–H groups in total. The number of aromatic nitrogens is 2. The van der Waals surface area contributed by atoms with Gasteiger partial charge in [-0.3, -0.25) is 9.59 Å². The zero-order valence-electron chi connectivity index (χ0n) is 17.8. The van der Waals surface area contributed by atoms with Crippen molar-refractivity contribution in [3.8, 4) is 11.1 Å². The van der Waals surface area contributed by atoms with E-state index < -0.39 is 5.97 Å². The maximum Gasteiger partial charge on any atom is 0.307 e. The van der Waals surface area contributed by atoms with E-state index in [2.05, 4.69) is 4.98 Å². The molecule has 0 radical (unpaired) electrons. The Morgan fingerprint density at radius 3 is 2.62 bits per heavy atom. The van der Waals surface area contributed by atoms with Gasteiger partial charge in [0, 0.05) is 36.3 Å². The normalized spacial score (nSPS) is 11.2. The molecule has 0 bridgehead atoms. The van der Waals surface area contributed by atoms with Gasteiger partial charge in [0.05, 0.1) is 12.1 Å². The largest absolute Gasteiger partial charge is 0.481 e. The van der Waals surface area contributed by atoms with Crippen LogP contribution < -0.4 is 0 Å². The van der Waals surface area contributed by atoms with Crippen LogP contribution >= 0.6 is 0 Å². The number of carboxylic acid groups (broad SMARTS) is 1. The third kappa shape index (κ3) is 4.78. The summed E-state index contributed by atoms with van der Waals surface area (Å²) >= 11 is 0. The first-order chi connectivity index (χ1) is 15.5. The van der Waals surface area contributed by atoms with Gasteiger partial charge in [-0.2, -0.15) is 0 Å². The van der Waals surface area contributed by atoms with Crippen LogP contribution in [0.15, 0.2) is 85.3 Å². The summed E-state index contributed by atoms with van der Waals surface area (Å²) in [5.74, 6) is -0.853. The van der Waals surface area contributed by atoms with Crippen LogP contribution in [0, 0.1) is 6.92 Å². The van der Waals surface area contributed by atoms with Gasteiger partial charge in [-0.1, -0.05) is 60.2 Å². The average Bonchev–Trinajstić information content (AvgIpc) is 3.43. The standard InChI is InChI=1S/C27H24N2O3/c1-19-9-11-21(12-10-19)27(32)25-8-4-14-29(25)13-3-6-20-5-2-7-22(15-20)24-18-28-17-23(24)16-26(30)31/h2-12,14-15,17-18,28H,13,16H2,1H3,(H,30,31)/b6-3+. The first kappa shape index (κ1) is 21.1. The molecule has 0 saturated heterocycles. The lowest BCUT2D eigenvalue weighted by atomic mass is 10.0. The van der Waals surface area contributed by atoms with Crippen LogP contribution in [-0.2, 0) is 17.8 Å². The van der Waals surface area contributed by atoms with Crippen molar-refractivity contribution in [3.05, 3.63) is 113 Å². The number of hydrogen-bond donors (Lipinski definition) is 2. The summed E-state index contributed by atoms with van der Waals surface area (Å²) in [4.78, 5) is 27.0. The molecule has 2 aromatic carbocycles. The first-order valence-corrected chi connectivity index (χ1v) is 10.4. The minimum atomic E-state index is -0.857. The van der Waals surface area contributed by atoms with Gasteiger partial charge in [0.1, 0.15) is 0 Å². The zero-order valence-corrected chi connectivity index (χ0v) is 17.8. The quantitative estimate of drug-likeness (QED) is 0.374. The maximum atomic E-state index is 12.9. The highest BCUT2D eigenvalue weighted by Crippen LogP contribution is 2.25. The van der Waals surface area contributed by atoms with Gasteiger partial charge in [-0.05, 0) is 41.8 Å². The molecular formula is C27H24N2O3. The minimum absolute atomic E-state index is 0.00353. The van der Waals surface area contributed by atoms with Gasteiger partial charge < -0.3 is 14.7 Å². The Kier molecular flexibility index (Phi) is 6.17. The second-order valence-electron chi connectivity index (χ2n) is 7.73. The molecule has 0 fully saturated rings. The number of carbonyl (C=O) groups excluding carboxylic acids is 1. The van der Waals surface area contributed by atoms with Crippen molar-refractivity contribution in [2.24, 2.45) is 0 Å². The van der Waals surface area contributed by atoms with Crippen LogP contribution in [0.3, 0.4) is 0 Å². The Morgan fingerprint density at radius 1 is 1.03 bits per heavy atom. The molecule has 0 aliphatic heterocycles. The Morgan fingerprint density at radius 2 is 1.84 bits per heavy atom. The molecular weight excluding hydrogens is 400 g/mol. The lowest BCUT2D eigenvalue weighted by molar-refractivity contribution is -0.136. The number of aryl methyl sites for hydroxylation is 1. The number of hydrogen-bond acceptors (Lipinski definition) is 2. The highest BCUT2D eigenvalue weighted by molar-refractivity contribution is 6.08. The summed E-state index contributed by atoms with van der Waals surface area (Å²) in [6, 6.07) is 19.3. The van der Waals surface area contributed by atoms with Crippen molar-refractivity contribution >= 4 is 17.8 Å². The van der Waals surface area contributed by atoms with Gasteiger partial charge in [-0.25, -0.2) is 0 Å². The van der Waals surface area contributed by atoms with E-state index in [0.29, 0.717) is 17.8 Å². The molecule has 0 aliphatic rings. The molecule has 0 aliphatic carbocycles. The van der Waals surface area contributed by atoms with E-state index in [1.807, 2.05) is 96.7 Å². The number of allylic oxidation sites excluding steroid dienone is 1. The number of ketones is 1. The number of benzene rings is 2. The molecule has 2 heterocycles. The van der Waals surface area contributed by atoms with Gasteiger partial charge in [-0.15, -0.1) is 0 Å². The fraction of sp³-hybridized carbons (Fsp3) is 0.111. The molecule has 4 aromatic rings. The highest BCUT2D eigenvalue weighted by Gasteiger charge is 2.13. The van der Waals surface area contributed by atoms with Crippen LogP contribution in [0.1, 0.15) is 32.7 Å². The number of carbonyl (C=O) groups is 2. The zero-order chi connectivity index (χ0) is 22.5. The molecule has 2 aromatic heterocycles. The van der Waals surface area contributed by atoms with Gasteiger partial charge >= 0.3 is 5.97 Å². The average molecular weight is 425 g/mol. The van der Waals surface area contributed by atoms with E-state index in [1.54, 1.807) is 6.20 Å². The highest BCUT2D eigenvalue weighted by atomic mass is 16.4. The van der Waals surface area contributed by atoms with Crippen LogP contribution in [-0.4, -0.2) is 26.4 Å². The van der Waals surface area contributed by atoms with E-state index in [4.69, 9.17) is 5.11 Å². The van der Waals surface area contributed by atoms with Gasteiger partial charge in [0.2, 0.25) is 5.78 Å². The van der Waals surface area contributed by atoms with Crippen molar-refractivity contribution in [1.82, 2.24) is 9.55 Å². The molecule has 0 unspecified atom stereocenters. The van der Waals surface area contributed by atoms with E-state index >= 15 is 0 Å². The minimum Gasteiger partial charge on any atom is -0.481 e. The van der Waals surface area contributed by atoms with Gasteiger partial charge in [0.15, 0.2) is 0 Å². The summed E-state index contributed by atoms with van der Waals surface area (Å²) in [5, 5.41) is 9.11. The lowest BCUT2D eigenvalue weighted by Crippen LogP contribution is -2.09. The van der Waals surface area contributed by atoms with Crippen molar-refractivity contribution in [3.63, 3.8) is 0 Å². The summed E-state index contributed by atoms with van der Waals surface area (Å²) in [6.45, 7) is 2.57. The number of rotatable bonds is 8. The molecule has 160 valence electrons.